The maximum absolute atomic E-state index is 11.7. The summed E-state index contributed by atoms with van der Waals surface area (Å²) in [6.07, 6.45) is -5.02. The van der Waals surface area contributed by atoms with Crippen molar-refractivity contribution >= 4 is 5.91 Å². The minimum absolute atomic E-state index is 0.0361. The summed E-state index contributed by atoms with van der Waals surface area (Å²) >= 11 is 0. The highest BCUT2D eigenvalue weighted by Gasteiger charge is 2.26. The van der Waals surface area contributed by atoms with Crippen LogP contribution in [0.1, 0.15) is 33.1 Å². The smallest absolute Gasteiger partial charge is 0.356 e. The fourth-order valence-corrected chi connectivity index (χ4v) is 0.993. The third-order valence-electron chi connectivity index (χ3n) is 1.58. The second kappa shape index (κ2) is 5.34. The highest BCUT2D eigenvalue weighted by molar-refractivity contribution is 5.76. The van der Waals surface area contributed by atoms with E-state index in [1.165, 1.54) is 0 Å². The van der Waals surface area contributed by atoms with E-state index in [2.05, 4.69) is 5.32 Å². The fourth-order valence-electron chi connectivity index (χ4n) is 0.993. The first-order valence-corrected chi connectivity index (χ1v) is 4.72. The molecule has 0 bridgehead atoms. The van der Waals surface area contributed by atoms with Gasteiger partial charge in [-0.15, -0.1) is 0 Å². The molecular formula is C9H17F3N2O. The van der Waals surface area contributed by atoms with E-state index < -0.39 is 18.1 Å². The van der Waals surface area contributed by atoms with Crippen LogP contribution in [0.15, 0.2) is 0 Å². The Hall–Kier alpha value is -0.780. The van der Waals surface area contributed by atoms with E-state index in [1.807, 2.05) is 0 Å². The molecule has 0 heterocycles. The van der Waals surface area contributed by atoms with Crippen LogP contribution in [0.3, 0.4) is 0 Å². The van der Waals surface area contributed by atoms with Crippen LogP contribution in [-0.2, 0) is 4.79 Å². The Labute approximate surface area is 87.2 Å². The standard InChI is InChI=1S/C9H17F3N2O/c1-8(2,13)6-7(15)14-5-3-4-9(10,11)12/h3-6,13H2,1-2H3,(H,14,15). The number of alkyl halides is 3. The molecule has 0 fully saturated rings. The first-order valence-electron chi connectivity index (χ1n) is 4.72. The fraction of sp³-hybridized carbons (Fsp3) is 0.889. The Balaban J connectivity index is 3.57. The van der Waals surface area contributed by atoms with Crippen LogP contribution in [-0.4, -0.2) is 24.2 Å². The minimum Gasteiger partial charge on any atom is -0.356 e. The molecule has 0 aliphatic heterocycles. The van der Waals surface area contributed by atoms with Crippen LogP contribution in [0.2, 0.25) is 0 Å². The second-order valence-corrected chi connectivity index (χ2v) is 4.23. The van der Waals surface area contributed by atoms with Gasteiger partial charge in [-0.05, 0) is 20.3 Å². The van der Waals surface area contributed by atoms with Crippen molar-refractivity contribution in [1.82, 2.24) is 5.32 Å². The highest BCUT2D eigenvalue weighted by Crippen LogP contribution is 2.20. The number of carbonyl (C=O) groups is 1. The lowest BCUT2D eigenvalue weighted by Crippen LogP contribution is -2.39. The van der Waals surface area contributed by atoms with Crippen molar-refractivity contribution in [1.29, 1.82) is 0 Å². The van der Waals surface area contributed by atoms with E-state index in [-0.39, 0.29) is 25.3 Å². The first-order chi connectivity index (χ1) is 6.60. The van der Waals surface area contributed by atoms with Gasteiger partial charge in [-0.1, -0.05) is 0 Å². The lowest BCUT2D eigenvalue weighted by Gasteiger charge is -2.17. The maximum atomic E-state index is 11.7. The highest BCUT2D eigenvalue weighted by atomic mass is 19.4. The summed E-state index contributed by atoms with van der Waals surface area (Å²) in [5, 5.41) is 2.39. The van der Waals surface area contributed by atoms with Crippen molar-refractivity contribution in [3.05, 3.63) is 0 Å². The van der Waals surface area contributed by atoms with Crippen LogP contribution in [0.4, 0.5) is 13.2 Å². The average molecular weight is 226 g/mol. The van der Waals surface area contributed by atoms with Crippen LogP contribution in [0.5, 0.6) is 0 Å². The molecule has 3 N–H and O–H groups in total. The summed E-state index contributed by atoms with van der Waals surface area (Å²) in [4.78, 5) is 11.1. The molecule has 0 aromatic rings. The molecule has 0 aromatic heterocycles. The largest absolute Gasteiger partial charge is 0.389 e. The molecule has 0 radical (unpaired) electrons. The summed E-state index contributed by atoms with van der Waals surface area (Å²) in [5.74, 6) is -0.315. The zero-order chi connectivity index (χ0) is 12.1. The third kappa shape index (κ3) is 11.1. The van der Waals surface area contributed by atoms with E-state index in [0.717, 1.165) is 0 Å². The number of halogens is 3. The molecule has 0 aliphatic rings. The molecule has 90 valence electrons. The molecule has 1 amide bonds. The second-order valence-electron chi connectivity index (χ2n) is 4.23. The molecule has 0 spiro atoms. The van der Waals surface area contributed by atoms with Gasteiger partial charge in [0.2, 0.25) is 5.91 Å². The van der Waals surface area contributed by atoms with Gasteiger partial charge in [0.1, 0.15) is 0 Å². The lowest BCUT2D eigenvalue weighted by molar-refractivity contribution is -0.136. The molecule has 0 atom stereocenters. The van der Waals surface area contributed by atoms with Gasteiger partial charge in [-0.25, -0.2) is 0 Å². The third-order valence-corrected chi connectivity index (χ3v) is 1.58. The van der Waals surface area contributed by atoms with E-state index in [4.69, 9.17) is 5.73 Å². The normalized spacial score (nSPS) is 12.7. The number of hydrogen-bond acceptors (Lipinski definition) is 2. The maximum Gasteiger partial charge on any atom is 0.389 e. The molecule has 0 saturated carbocycles. The van der Waals surface area contributed by atoms with Crippen LogP contribution in [0, 0.1) is 0 Å². The molecule has 0 rings (SSSR count). The van der Waals surface area contributed by atoms with E-state index in [0.29, 0.717) is 0 Å². The topological polar surface area (TPSA) is 55.1 Å². The van der Waals surface area contributed by atoms with Gasteiger partial charge in [0.15, 0.2) is 0 Å². The monoisotopic (exact) mass is 226 g/mol. The zero-order valence-corrected chi connectivity index (χ0v) is 8.95. The summed E-state index contributed by atoms with van der Waals surface area (Å²) in [5.41, 5.74) is 4.94. The Morgan fingerprint density at radius 1 is 1.33 bits per heavy atom. The average Bonchev–Trinajstić information content (AvgIpc) is 1.92. The number of rotatable bonds is 5. The molecule has 3 nitrogen and oxygen atoms in total. The van der Waals surface area contributed by atoms with Crippen LogP contribution < -0.4 is 11.1 Å². The van der Waals surface area contributed by atoms with Crippen molar-refractivity contribution in [2.45, 2.75) is 44.8 Å². The van der Waals surface area contributed by atoms with Gasteiger partial charge in [0.25, 0.3) is 0 Å². The Morgan fingerprint density at radius 3 is 2.27 bits per heavy atom. The molecular weight excluding hydrogens is 209 g/mol. The Bertz CT molecular complexity index is 208. The van der Waals surface area contributed by atoms with E-state index >= 15 is 0 Å². The zero-order valence-electron chi connectivity index (χ0n) is 8.95. The van der Waals surface area contributed by atoms with Gasteiger partial charge >= 0.3 is 6.18 Å². The number of hydrogen-bond donors (Lipinski definition) is 2. The number of amides is 1. The number of nitrogens with one attached hydrogen (secondary N) is 1. The molecule has 0 aliphatic carbocycles. The predicted octanol–water partition coefficient (Wildman–Crippen LogP) is 1.57. The Morgan fingerprint density at radius 2 is 1.87 bits per heavy atom. The van der Waals surface area contributed by atoms with E-state index in [1.54, 1.807) is 13.8 Å². The molecule has 0 aromatic carbocycles. The molecule has 6 heteroatoms. The van der Waals surface area contributed by atoms with Crippen LogP contribution in [0.25, 0.3) is 0 Å². The van der Waals surface area contributed by atoms with Crippen molar-refractivity contribution in [2.24, 2.45) is 5.73 Å². The lowest BCUT2D eigenvalue weighted by atomic mass is 10.0. The van der Waals surface area contributed by atoms with E-state index in [9.17, 15) is 18.0 Å². The van der Waals surface area contributed by atoms with Gasteiger partial charge in [0, 0.05) is 24.9 Å². The van der Waals surface area contributed by atoms with Crippen molar-refractivity contribution in [3.8, 4) is 0 Å². The predicted molar refractivity (Wildman–Crippen MR) is 51.2 cm³/mol. The molecule has 15 heavy (non-hydrogen) atoms. The number of nitrogens with two attached hydrogens (primary N) is 1. The quantitative estimate of drug-likeness (QED) is 0.699. The van der Waals surface area contributed by atoms with Gasteiger partial charge < -0.3 is 11.1 Å². The van der Waals surface area contributed by atoms with Crippen molar-refractivity contribution in [3.63, 3.8) is 0 Å². The molecule has 0 saturated heterocycles. The SMILES string of the molecule is CC(C)(N)CC(=O)NCCCC(F)(F)F. The summed E-state index contributed by atoms with van der Waals surface area (Å²) in [7, 11) is 0. The van der Waals surface area contributed by atoms with Gasteiger partial charge in [-0.3, -0.25) is 4.79 Å². The van der Waals surface area contributed by atoms with Crippen molar-refractivity contribution in [2.75, 3.05) is 6.54 Å². The number of carbonyl (C=O) groups excluding carboxylic acids is 1. The minimum atomic E-state index is -4.15. The first kappa shape index (κ1) is 14.2. The summed E-state index contributed by atoms with van der Waals surface area (Å²) < 4.78 is 35.2. The van der Waals surface area contributed by atoms with Crippen LogP contribution >= 0.6 is 0 Å². The van der Waals surface area contributed by atoms with Gasteiger partial charge in [0.05, 0.1) is 0 Å². The summed E-state index contributed by atoms with van der Waals surface area (Å²) in [6, 6.07) is 0. The summed E-state index contributed by atoms with van der Waals surface area (Å²) in [6.45, 7) is 3.40. The molecule has 0 unspecified atom stereocenters. The van der Waals surface area contributed by atoms with Gasteiger partial charge in [-0.2, -0.15) is 13.2 Å². The Kier molecular flexibility index (Phi) is 5.07. The van der Waals surface area contributed by atoms with Crippen molar-refractivity contribution < 1.29 is 18.0 Å².